The number of carbonyl (C=O) groups is 3. The van der Waals surface area contributed by atoms with Crippen LogP contribution in [-0.4, -0.2) is 41.1 Å². The van der Waals surface area contributed by atoms with Crippen LogP contribution in [0.4, 0.5) is 13.2 Å². The van der Waals surface area contributed by atoms with Crippen molar-refractivity contribution in [1.29, 1.82) is 0 Å². The van der Waals surface area contributed by atoms with Gasteiger partial charge in [0.15, 0.2) is 0 Å². The molecule has 0 bridgehead atoms. The van der Waals surface area contributed by atoms with Crippen molar-refractivity contribution in [2.45, 2.75) is 12.7 Å². The molecule has 29 heavy (non-hydrogen) atoms. The fraction of sp³-hybridized carbons (Fsp3) is 0.190. The number of carbonyl (C=O) groups excluding carboxylic acids is 3. The molecule has 1 heterocycles. The van der Waals surface area contributed by atoms with Crippen molar-refractivity contribution in [3.8, 4) is 0 Å². The molecule has 0 saturated carbocycles. The summed E-state index contributed by atoms with van der Waals surface area (Å²) in [5, 5.41) is 0. The van der Waals surface area contributed by atoms with Crippen molar-refractivity contribution >= 4 is 17.7 Å². The number of fused-ring (bicyclic) bond motifs is 1. The Bertz CT molecular complexity index is 997. The maximum atomic E-state index is 12.7. The first kappa shape index (κ1) is 20.3. The van der Waals surface area contributed by atoms with E-state index in [1.54, 1.807) is 0 Å². The van der Waals surface area contributed by atoms with Crippen LogP contribution >= 0.6 is 0 Å². The third-order valence-corrected chi connectivity index (χ3v) is 4.58. The second kappa shape index (κ2) is 7.54. The van der Waals surface area contributed by atoms with Crippen LogP contribution < -0.4 is 0 Å². The molecule has 0 unspecified atom stereocenters. The van der Waals surface area contributed by atoms with Crippen molar-refractivity contribution in [3.63, 3.8) is 0 Å². The lowest BCUT2D eigenvalue weighted by molar-refractivity contribution is -0.137. The van der Waals surface area contributed by atoms with Crippen LogP contribution in [0.1, 0.15) is 42.2 Å². The molecule has 1 aliphatic heterocycles. The van der Waals surface area contributed by atoms with Gasteiger partial charge in [-0.25, -0.2) is 0 Å². The molecule has 0 spiro atoms. The summed E-state index contributed by atoms with van der Waals surface area (Å²) in [5.41, 5.74) is 0.337. The Labute approximate surface area is 165 Å². The highest BCUT2D eigenvalue weighted by molar-refractivity contribution is 6.22. The van der Waals surface area contributed by atoms with E-state index in [2.05, 4.69) is 6.58 Å². The first-order valence-electron chi connectivity index (χ1n) is 8.66. The zero-order valence-corrected chi connectivity index (χ0v) is 15.5. The largest absolute Gasteiger partial charge is 0.416 e. The maximum absolute atomic E-state index is 12.7. The number of hydrogen-bond donors (Lipinski definition) is 0. The zero-order chi connectivity index (χ0) is 21.3. The molecule has 2 aromatic carbocycles. The van der Waals surface area contributed by atoms with Gasteiger partial charge in [0.1, 0.15) is 0 Å². The molecule has 2 aromatic rings. The number of benzene rings is 2. The molecule has 3 rings (SSSR count). The van der Waals surface area contributed by atoms with Gasteiger partial charge in [-0.3, -0.25) is 19.3 Å². The van der Waals surface area contributed by atoms with Gasteiger partial charge in [0.25, 0.3) is 17.7 Å². The molecule has 0 fully saturated rings. The molecule has 1 aliphatic rings. The van der Waals surface area contributed by atoms with Gasteiger partial charge in [0.2, 0.25) is 0 Å². The number of rotatable bonds is 5. The standard InChI is InChI=1S/C21H17F3N2O3/c1-3-10-26-19(28)16-9-6-14(11-17(16)20(26)29)18(27)25(2)12-13-4-7-15(8-5-13)21(22,23)24/h3-9,11H,1,10,12H2,2H3. The van der Waals surface area contributed by atoms with Gasteiger partial charge in [0.05, 0.1) is 16.7 Å². The van der Waals surface area contributed by atoms with Crippen LogP contribution in [0.2, 0.25) is 0 Å². The Kier molecular flexibility index (Phi) is 5.28. The SMILES string of the molecule is C=CCN1C(=O)c2ccc(C(=O)N(C)Cc3ccc(C(F)(F)F)cc3)cc2C1=O. The van der Waals surface area contributed by atoms with Gasteiger partial charge >= 0.3 is 6.18 Å². The quantitative estimate of drug-likeness (QED) is 0.565. The van der Waals surface area contributed by atoms with Crippen LogP contribution in [0.15, 0.2) is 55.1 Å². The van der Waals surface area contributed by atoms with E-state index in [1.165, 1.54) is 48.4 Å². The fourth-order valence-corrected chi connectivity index (χ4v) is 3.08. The molecular weight excluding hydrogens is 385 g/mol. The van der Waals surface area contributed by atoms with E-state index in [-0.39, 0.29) is 29.8 Å². The number of nitrogens with zero attached hydrogens (tertiary/aromatic N) is 2. The normalized spacial score (nSPS) is 13.4. The van der Waals surface area contributed by atoms with Gasteiger partial charge in [-0.2, -0.15) is 13.2 Å². The van der Waals surface area contributed by atoms with Crippen molar-refractivity contribution in [1.82, 2.24) is 9.80 Å². The van der Waals surface area contributed by atoms with E-state index in [0.717, 1.165) is 17.0 Å². The van der Waals surface area contributed by atoms with E-state index < -0.39 is 29.5 Å². The predicted octanol–water partition coefficient (Wildman–Crippen LogP) is 3.76. The summed E-state index contributed by atoms with van der Waals surface area (Å²) in [4.78, 5) is 39.7. The third kappa shape index (κ3) is 3.91. The lowest BCUT2D eigenvalue weighted by Gasteiger charge is -2.18. The molecule has 3 amide bonds. The Balaban J connectivity index is 1.77. The number of imide groups is 1. The second-order valence-corrected chi connectivity index (χ2v) is 6.63. The lowest BCUT2D eigenvalue weighted by atomic mass is 10.0. The molecular formula is C21H17F3N2O3. The second-order valence-electron chi connectivity index (χ2n) is 6.63. The molecule has 0 radical (unpaired) electrons. The topological polar surface area (TPSA) is 57.7 Å². The molecule has 0 N–H and O–H groups in total. The van der Waals surface area contributed by atoms with Gasteiger partial charge in [-0.1, -0.05) is 18.2 Å². The number of hydrogen-bond acceptors (Lipinski definition) is 3. The van der Waals surface area contributed by atoms with Gasteiger partial charge in [-0.15, -0.1) is 6.58 Å². The van der Waals surface area contributed by atoms with Crippen molar-refractivity contribution in [3.05, 3.63) is 82.9 Å². The molecule has 0 aromatic heterocycles. The minimum absolute atomic E-state index is 0.0729. The first-order chi connectivity index (χ1) is 13.6. The molecule has 0 aliphatic carbocycles. The zero-order valence-electron chi connectivity index (χ0n) is 15.5. The Morgan fingerprint density at radius 1 is 1.07 bits per heavy atom. The molecule has 8 heteroatoms. The van der Waals surface area contributed by atoms with Crippen LogP contribution in [0.25, 0.3) is 0 Å². The summed E-state index contributed by atoms with van der Waals surface area (Å²) in [7, 11) is 1.50. The van der Waals surface area contributed by atoms with E-state index >= 15 is 0 Å². The third-order valence-electron chi connectivity index (χ3n) is 4.58. The summed E-state index contributed by atoms with van der Waals surface area (Å²) in [6.07, 6.45) is -2.99. The minimum Gasteiger partial charge on any atom is -0.337 e. The Morgan fingerprint density at radius 3 is 2.28 bits per heavy atom. The summed E-state index contributed by atoms with van der Waals surface area (Å²) >= 11 is 0. The number of alkyl halides is 3. The van der Waals surface area contributed by atoms with Crippen molar-refractivity contribution in [2.75, 3.05) is 13.6 Å². The number of amides is 3. The summed E-state index contributed by atoms with van der Waals surface area (Å²) in [6, 6.07) is 8.79. The molecule has 150 valence electrons. The van der Waals surface area contributed by atoms with E-state index in [9.17, 15) is 27.6 Å². The average Bonchev–Trinajstić information content (AvgIpc) is 2.92. The van der Waals surface area contributed by atoms with Gasteiger partial charge in [-0.05, 0) is 35.9 Å². The monoisotopic (exact) mass is 402 g/mol. The number of halogens is 3. The van der Waals surface area contributed by atoms with Crippen LogP contribution in [0.3, 0.4) is 0 Å². The van der Waals surface area contributed by atoms with Crippen molar-refractivity contribution < 1.29 is 27.6 Å². The Morgan fingerprint density at radius 2 is 1.69 bits per heavy atom. The first-order valence-corrected chi connectivity index (χ1v) is 8.66. The molecule has 0 atom stereocenters. The van der Waals surface area contributed by atoms with E-state index in [1.807, 2.05) is 0 Å². The summed E-state index contributed by atoms with van der Waals surface area (Å²) < 4.78 is 38.0. The van der Waals surface area contributed by atoms with Gasteiger partial charge in [0, 0.05) is 25.7 Å². The highest BCUT2D eigenvalue weighted by Gasteiger charge is 2.35. The summed E-state index contributed by atoms with van der Waals surface area (Å²) in [5.74, 6) is -1.36. The maximum Gasteiger partial charge on any atom is 0.416 e. The van der Waals surface area contributed by atoms with E-state index in [0.29, 0.717) is 5.56 Å². The fourth-order valence-electron chi connectivity index (χ4n) is 3.08. The van der Waals surface area contributed by atoms with Gasteiger partial charge < -0.3 is 4.90 Å². The highest BCUT2D eigenvalue weighted by atomic mass is 19.4. The predicted molar refractivity (Wildman–Crippen MR) is 99.2 cm³/mol. The summed E-state index contributed by atoms with van der Waals surface area (Å²) in [6.45, 7) is 3.67. The van der Waals surface area contributed by atoms with Crippen LogP contribution in [0.5, 0.6) is 0 Å². The van der Waals surface area contributed by atoms with Crippen LogP contribution in [-0.2, 0) is 12.7 Å². The average molecular weight is 402 g/mol. The smallest absolute Gasteiger partial charge is 0.337 e. The minimum atomic E-state index is -4.42. The highest BCUT2D eigenvalue weighted by Crippen LogP contribution is 2.29. The lowest BCUT2D eigenvalue weighted by Crippen LogP contribution is -2.29. The molecule has 5 nitrogen and oxygen atoms in total. The Hall–Kier alpha value is -3.42. The molecule has 0 saturated heterocycles. The van der Waals surface area contributed by atoms with Crippen LogP contribution in [0, 0.1) is 0 Å². The van der Waals surface area contributed by atoms with E-state index in [4.69, 9.17) is 0 Å². The van der Waals surface area contributed by atoms with Crippen molar-refractivity contribution in [2.24, 2.45) is 0 Å².